The number of morpholine rings is 1. The van der Waals surface area contributed by atoms with E-state index in [1.165, 1.54) is 12.1 Å². The third-order valence-electron chi connectivity index (χ3n) is 6.64. The minimum Gasteiger partial charge on any atom is -0.491 e. The highest BCUT2D eigenvalue weighted by Gasteiger charge is 2.25. The van der Waals surface area contributed by atoms with E-state index in [9.17, 15) is 14.4 Å². The highest BCUT2D eigenvalue weighted by atomic mass is 19.1. The van der Waals surface area contributed by atoms with Crippen molar-refractivity contribution in [2.75, 3.05) is 52.7 Å². The number of hydrogen-bond donors (Lipinski definition) is 0. The Bertz CT molecular complexity index is 1420. The Kier molecular flexibility index (Phi) is 10.3. The number of likely N-dealkylation sites (N-methyl/N-ethyl adjacent to an activating group) is 1. The monoisotopic (exact) mass is 569 g/mol. The van der Waals surface area contributed by atoms with E-state index in [1.807, 2.05) is 18.9 Å². The molecule has 1 saturated heterocycles. The number of ether oxygens (including phenoxy) is 4. The van der Waals surface area contributed by atoms with Gasteiger partial charge in [-0.15, -0.1) is 0 Å². The minimum atomic E-state index is -0.702. The van der Waals surface area contributed by atoms with Gasteiger partial charge in [-0.25, -0.2) is 14.2 Å². The van der Waals surface area contributed by atoms with Crippen molar-refractivity contribution in [2.24, 2.45) is 0 Å². The van der Waals surface area contributed by atoms with Gasteiger partial charge in [-0.1, -0.05) is 19.1 Å². The van der Waals surface area contributed by atoms with Crippen LogP contribution in [0.3, 0.4) is 0 Å². The van der Waals surface area contributed by atoms with Gasteiger partial charge in [-0.2, -0.15) is 0 Å². The molecule has 0 saturated carbocycles. The molecule has 1 aliphatic rings. The van der Waals surface area contributed by atoms with Crippen LogP contribution < -0.4 is 14.9 Å². The molecule has 1 aromatic heterocycles. The van der Waals surface area contributed by atoms with E-state index in [2.05, 4.69) is 0 Å². The molecule has 10 nitrogen and oxygen atoms in total. The van der Waals surface area contributed by atoms with E-state index in [0.717, 1.165) is 0 Å². The van der Waals surface area contributed by atoms with Gasteiger partial charge in [-0.3, -0.25) is 14.6 Å². The Morgan fingerprint density at radius 2 is 1.76 bits per heavy atom. The lowest BCUT2D eigenvalue weighted by atomic mass is 10.0. The van der Waals surface area contributed by atoms with Gasteiger partial charge < -0.3 is 23.5 Å². The zero-order valence-electron chi connectivity index (χ0n) is 23.7. The summed E-state index contributed by atoms with van der Waals surface area (Å²) >= 11 is 0. The number of halogens is 1. The van der Waals surface area contributed by atoms with Crippen LogP contribution in [0, 0.1) is 5.82 Å². The number of hydrogen-bond acceptors (Lipinski definition) is 8. The van der Waals surface area contributed by atoms with Crippen molar-refractivity contribution in [3.63, 3.8) is 0 Å². The van der Waals surface area contributed by atoms with Crippen molar-refractivity contribution in [1.29, 1.82) is 0 Å². The average Bonchev–Trinajstić information content (AvgIpc) is 2.98. The summed E-state index contributed by atoms with van der Waals surface area (Å²) in [4.78, 5) is 38.9. The number of nitrogens with zero attached hydrogens (tertiary/aromatic N) is 3. The number of amides is 1. The molecule has 3 aromatic rings. The van der Waals surface area contributed by atoms with E-state index in [-0.39, 0.29) is 42.1 Å². The summed E-state index contributed by atoms with van der Waals surface area (Å²) in [6.07, 6.45) is 2.29. The Morgan fingerprint density at radius 1 is 1.02 bits per heavy atom. The third-order valence-corrected chi connectivity index (χ3v) is 6.64. The summed E-state index contributed by atoms with van der Waals surface area (Å²) in [5.41, 5.74) is 0.418. The van der Waals surface area contributed by atoms with Gasteiger partial charge in [0.1, 0.15) is 23.9 Å². The first-order valence-electron chi connectivity index (χ1n) is 13.9. The van der Waals surface area contributed by atoms with Gasteiger partial charge >= 0.3 is 5.97 Å². The van der Waals surface area contributed by atoms with Crippen molar-refractivity contribution in [2.45, 2.75) is 33.7 Å². The Balaban J connectivity index is 1.76. The van der Waals surface area contributed by atoms with Gasteiger partial charge in [-0.05, 0) is 50.1 Å². The molecule has 2 heterocycles. The van der Waals surface area contributed by atoms with Crippen LogP contribution in [0.4, 0.5) is 4.39 Å². The number of rotatable bonds is 12. The van der Waals surface area contributed by atoms with Crippen LogP contribution in [0.1, 0.15) is 27.2 Å². The number of carbonyl (C=O) groups excluding carboxylic acids is 2. The van der Waals surface area contributed by atoms with Gasteiger partial charge in [0.2, 0.25) is 0 Å². The zero-order valence-corrected chi connectivity index (χ0v) is 23.7. The second-order valence-corrected chi connectivity index (χ2v) is 9.41. The summed E-state index contributed by atoms with van der Waals surface area (Å²) in [7, 11) is 0. The molecule has 0 N–H and O–H groups in total. The molecule has 0 unspecified atom stereocenters. The maximum Gasteiger partial charge on any atom is 0.344 e. The predicted molar refractivity (Wildman–Crippen MR) is 151 cm³/mol. The Morgan fingerprint density at radius 3 is 2.41 bits per heavy atom. The lowest BCUT2D eigenvalue weighted by Crippen LogP contribution is -2.52. The van der Waals surface area contributed by atoms with Crippen molar-refractivity contribution >= 4 is 22.8 Å². The van der Waals surface area contributed by atoms with E-state index in [1.54, 1.807) is 47.0 Å². The highest BCUT2D eigenvalue weighted by Crippen LogP contribution is 2.30. The number of esters is 1. The van der Waals surface area contributed by atoms with Crippen molar-refractivity contribution in [3.05, 3.63) is 58.6 Å². The molecule has 41 heavy (non-hydrogen) atoms. The van der Waals surface area contributed by atoms with Crippen molar-refractivity contribution in [3.8, 4) is 22.6 Å². The summed E-state index contributed by atoms with van der Waals surface area (Å²) in [5.74, 6) is -0.667. The van der Waals surface area contributed by atoms with Crippen LogP contribution in [0.5, 0.6) is 11.5 Å². The summed E-state index contributed by atoms with van der Waals surface area (Å²) in [6, 6.07) is 9.23. The fourth-order valence-corrected chi connectivity index (χ4v) is 4.75. The number of pyridine rings is 1. The Labute approximate surface area is 238 Å². The molecule has 0 bridgehead atoms. The maximum atomic E-state index is 15.3. The molecule has 1 aliphatic heterocycles. The zero-order chi connectivity index (χ0) is 29.4. The standard InChI is InChI=1S/C30H36FN3O7/c1-4-15-40-25-12-11-24(31)28-29(25)32(19-26(35)34(5-2)33-13-16-38-17-14-33)18-23(30(28)37)21-7-9-22(10-8-21)41-20-27(36)39-6-3/h7-12,18H,4-6,13-17,19-20H2,1-3H3. The van der Waals surface area contributed by atoms with Crippen LogP contribution in [0.25, 0.3) is 22.0 Å². The molecule has 1 fully saturated rings. The summed E-state index contributed by atoms with van der Waals surface area (Å²) in [5, 5.41) is 3.45. The lowest BCUT2D eigenvalue weighted by molar-refractivity contribution is -0.156. The molecule has 1 amide bonds. The SMILES string of the molecule is CCCOc1ccc(F)c2c(=O)c(-c3ccc(OCC(=O)OCC)cc3)cn(CC(=O)N(CC)N3CCOCC3)c12. The fourth-order valence-electron chi connectivity index (χ4n) is 4.75. The van der Waals surface area contributed by atoms with Gasteiger partial charge in [0.05, 0.1) is 37.3 Å². The first-order valence-corrected chi connectivity index (χ1v) is 13.9. The first kappa shape index (κ1) is 30.0. The van der Waals surface area contributed by atoms with E-state index in [4.69, 9.17) is 18.9 Å². The second kappa shape index (κ2) is 14.1. The topological polar surface area (TPSA) is 99.5 Å². The molecule has 2 aromatic carbocycles. The van der Waals surface area contributed by atoms with Gasteiger partial charge in [0, 0.05) is 31.4 Å². The normalized spacial score (nSPS) is 13.7. The fraction of sp³-hybridized carbons (Fsp3) is 0.433. The van der Waals surface area contributed by atoms with Crippen LogP contribution in [-0.4, -0.2) is 79.1 Å². The van der Waals surface area contributed by atoms with E-state index in [0.29, 0.717) is 62.9 Å². The van der Waals surface area contributed by atoms with E-state index >= 15 is 4.39 Å². The molecule has 0 atom stereocenters. The number of fused-ring (bicyclic) bond motifs is 1. The average molecular weight is 570 g/mol. The van der Waals surface area contributed by atoms with Crippen LogP contribution in [-0.2, 0) is 25.6 Å². The highest BCUT2D eigenvalue weighted by molar-refractivity contribution is 5.90. The van der Waals surface area contributed by atoms with Gasteiger partial charge in [0.15, 0.2) is 12.0 Å². The van der Waals surface area contributed by atoms with Gasteiger partial charge in [0.25, 0.3) is 5.91 Å². The number of benzene rings is 2. The third kappa shape index (κ3) is 7.04. The van der Waals surface area contributed by atoms with Crippen LogP contribution in [0.2, 0.25) is 0 Å². The molecular formula is C30H36FN3O7. The Hall–Kier alpha value is -3.96. The first-order chi connectivity index (χ1) is 19.9. The number of hydrazine groups is 1. The summed E-state index contributed by atoms with van der Waals surface area (Å²) in [6.45, 7) is 8.44. The van der Waals surface area contributed by atoms with Crippen molar-refractivity contribution < 1.29 is 32.9 Å². The predicted octanol–water partition coefficient (Wildman–Crippen LogP) is 3.63. The van der Waals surface area contributed by atoms with Crippen molar-refractivity contribution in [1.82, 2.24) is 14.6 Å². The van der Waals surface area contributed by atoms with Crippen LogP contribution >= 0.6 is 0 Å². The molecule has 220 valence electrons. The van der Waals surface area contributed by atoms with Crippen LogP contribution in [0.15, 0.2) is 47.4 Å². The molecule has 0 aliphatic carbocycles. The maximum absolute atomic E-state index is 15.3. The lowest BCUT2D eigenvalue weighted by Gasteiger charge is -2.36. The number of carbonyl (C=O) groups is 2. The number of aromatic nitrogens is 1. The second-order valence-electron chi connectivity index (χ2n) is 9.41. The molecule has 0 spiro atoms. The quantitative estimate of drug-likeness (QED) is 0.305. The summed E-state index contributed by atoms with van der Waals surface area (Å²) < 4.78 is 38.6. The minimum absolute atomic E-state index is 0.137. The molecule has 11 heteroatoms. The molecular weight excluding hydrogens is 533 g/mol. The smallest absolute Gasteiger partial charge is 0.344 e. The largest absolute Gasteiger partial charge is 0.491 e. The molecule has 4 rings (SSSR count). The molecule has 0 radical (unpaired) electrons. The van der Waals surface area contributed by atoms with E-state index < -0.39 is 17.2 Å².